The average Bonchev–Trinajstić information content (AvgIpc) is 3.46. The van der Waals surface area contributed by atoms with E-state index < -0.39 is 10.0 Å². The Kier molecular flexibility index (Phi) is 6.19. The first-order valence-corrected chi connectivity index (χ1v) is 12.1. The lowest BCUT2D eigenvalue weighted by Gasteiger charge is -2.19. The summed E-state index contributed by atoms with van der Waals surface area (Å²) in [6.07, 6.45) is 2.80. The summed E-state index contributed by atoms with van der Waals surface area (Å²) in [5.41, 5.74) is 0.910. The summed E-state index contributed by atoms with van der Waals surface area (Å²) in [7, 11) is -3.68. The van der Waals surface area contributed by atoms with Gasteiger partial charge in [0.2, 0.25) is 15.2 Å². The Morgan fingerprint density at radius 3 is 2.55 bits per heavy atom. The fourth-order valence-corrected chi connectivity index (χ4v) is 5.28. The molecule has 1 N–H and O–H groups in total. The second-order valence-corrected chi connectivity index (χ2v) is 10.0. The molecule has 4 rings (SSSR count). The lowest BCUT2D eigenvalue weighted by molar-refractivity contribution is 0.550. The van der Waals surface area contributed by atoms with Crippen molar-refractivity contribution in [3.05, 3.63) is 65.2 Å². The zero-order valence-corrected chi connectivity index (χ0v) is 17.9. The molecule has 1 aliphatic rings. The Bertz CT molecular complexity index is 1050. The predicted molar refractivity (Wildman–Crippen MR) is 112 cm³/mol. The monoisotopic (exact) mass is 449 g/mol. The van der Waals surface area contributed by atoms with E-state index in [4.69, 9.17) is 11.6 Å². The number of rotatable bonds is 9. The van der Waals surface area contributed by atoms with Crippen molar-refractivity contribution in [1.29, 1.82) is 0 Å². The normalized spacial score (nSPS) is 15.3. The van der Waals surface area contributed by atoms with Crippen LogP contribution in [0, 0.1) is 0 Å². The third-order valence-corrected chi connectivity index (χ3v) is 7.32. The number of sulfonamides is 1. The number of thioether (sulfide) groups is 1. The summed E-state index contributed by atoms with van der Waals surface area (Å²) in [5, 5.41) is 13.2. The summed E-state index contributed by atoms with van der Waals surface area (Å²) in [4.78, 5) is 0.188. The van der Waals surface area contributed by atoms with E-state index in [9.17, 15) is 8.42 Å². The van der Waals surface area contributed by atoms with Gasteiger partial charge in [-0.1, -0.05) is 53.7 Å². The highest BCUT2D eigenvalue weighted by molar-refractivity contribution is 7.99. The first kappa shape index (κ1) is 20.3. The number of aromatic nitrogens is 4. The molecule has 0 radical (unpaired) electrons. The van der Waals surface area contributed by atoms with Crippen LogP contribution in [0.5, 0.6) is 0 Å². The zero-order valence-electron chi connectivity index (χ0n) is 15.5. The zero-order chi connectivity index (χ0) is 20.3. The van der Waals surface area contributed by atoms with Gasteiger partial charge in [0.15, 0.2) is 0 Å². The Labute approximate surface area is 178 Å². The van der Waals surface area contributed by atoms with Crippen LogP contribution in [0.4, 0.5) is 0 Å². The number of tetrazole rings is 1. The van der Waals surface area contributed by atoms with Gasteiger partial charge in [0.05, 0.1) is 10.9 Å². The molecule has 29 heavy (non-hydrogen) atoms. The standard InChI is InChI=1S/C19H20ClN5O2S2/c20-15-6-10-17(11-7-15)29(26,27)22-18(14-4-2-1-3-5-14)12-13-28-19-21-23-24-25(19)16-8-9-16/h1-7,10-11,16,18,22H,8-9,12-13H2. The van der Waals surface area contributed by atoms with E-state index in [2.05, 4.69) is 20.2 Å². The summed E-state index contributed by atoms with van der Waals surface area (Å²) in [5.74, 6) is 0.676. The molecule has 1 aromatic heterocycles. The maximum Gasteiger partial charge on any atom is 0.241 e. The molecular weight excluding hydrogens is 430 g/mol. The largest absolute Gasteiger partial charge is 0.241 e. The van der Waals surface area contributed by atoms with E-state index in [1.54, 1.807) is 23.9 Å². The molecule has 1 fully saturated rings. The first-order valence-electron chi connectivity index (χ1n) is 9.26. The molecule has 0 amide bonds. The molecule has 0 aliphatic heterocycles. The minimum Gasteiger partial charge on any atom is -0.217 e. The van der Waals surface area contributed by atoms with Gasteiger partial charge >= 0.3 is 0 Å². The molecule has 2 aromatic carbocycles. The van der Waals surface area contributed by atoms with Crippen LogP contribution in [0.1, 0.15) is 36.9 Å². The van der Waals surface area contributed by atoms with Crippen LogP contribution in [0.15, 0.2) is 64.6 Å². The third kappa shape index (κ3) is 5.16. The fraction of sp³-hybridized carbons (Fsp3) is 0.316. The third-order valence-electron chi connectivity index (χ3n) is 4.62. The second kappa shape index (κ2) is 8.83. The maximum atomic E-state index is 12.9. The van der Waals surface area contributed by atoms with E-state index in [1.807, 2.05) is 35.0 Å². The molecule has 0 saturated heterocycles. The lowest BCUT2D eigenvalue weighted by Crippen LogP contribution is -2.29. The van der Waals surface area contributed by atoms with Gasteiger partial charge in [-0.2, -0.15) is 0 Å². The van der Waals surface area contributed by atoms with Gasteiger partial charge in [0.25, 0.3) is 0 Å². The smallest absolute Gasteiger partial charge is 0.217 e. The van der Waals surface area contributed by atoms with Crippen molar-refractivity contribution in [3.8, 4) is 0 Å². The first-order chi connectivity index (χ1) is 14.0. The van der Waals surface area contributed by atoms with Crippen LogP contribution in [-0.4, -0.2) is 34.4 Å². The van der Waals surface area contributed by atoms with Crippen molar-refractivity contribution in [2.24, 2.45) is 0 Å². The average molecular weight is 450 g/mol. The van der Waals surface area contributed by atoms with E-state index in [0.29, 0.717) is 23.2 Å². The quantitative estimate of drug-likeness (QED) is 0.499. The molecule has 0 bridgehead atoms. The van der Waals surface area contributed by atoms with Gasteiger partial charge in [-0.15, -0.1) is 5.10 Å². The predicted octanol–water partition coefficient (Wildman–Crippen LogP) is 3.86. The Morgan fingerprint density at radius 2 is 1.86 bits per heavy atom. The number of hydrogen-bond acceptors (Lipinski definition) is 6. The SMILES string of the molecule is O=S(=O)(NC(CCSc1nnnn1C1CC1)c1ccccc1)c1ccc(Cl)cc1. The molecule has 1 unspecified atom stereocenters. The van der Waals surface area contributed by atoms with Crippen LogP contribution in [0.2, 0.25) is 5.02 Å². The van der Waals surface area contributed by atoms with Gasteiger partial charge < -0.3 is 0 Å². The minimum absolute atomic E-state index is 0.188. The molecule has 0 spiro atoms. The number of nitrogens with zero attached hydrogens (tertiary/aromatic N) is 4. The van der Waals surface area contributed by atoms with Crippen LogP contribution < -0.4 is 4.72 Å². The molecule has 1 atom stereocenters. The second-order valence-electron chi connectivity index (χ2n) is 6.81. The van der Waals surface area contributed by atoms with Gasteiger partial charge in [0.1, 0.15) is 0 Å². The topological polar surface area (TPSA) is 89.8 Å². The van der Waals surface area contributed by atoms with Crippen molar-refractivity contribution >= 4 is 33.4 Å². The summed E-state index contributed by atoms with van der Waals surface area (Å²) >= 11 is 7.43. The highest BCUT2D eigenvalue weighted by Crippen LogP contribution is 2.36. The molecule has 1 heterocycles. The Balaban J connectivity index is 1.48. The fourth-order valence-electron chi connectivity index (χ4n) is 2.94. The minimum atomic E-state index is -3.68. The number of nitrogens with one attached hydrogen (secondary N) is 1. The van der Waals surface area contributed by atoms with Crippen molar-refractivity contribution in [2.75, 3.05) is 5.75 Å². The number of benzene rings is 2. The molecule has 10 heteroatoms. The molecule has 3 aromatic rings. The van der Waals surface area contributed by atoms with Crippen molar-refractivity contribution in [2.45, 2.75) is 41.4 Å². The summed E-state index contributed by atoms with van der Waals surface area (Å²) < 4.78 is 30.4. The van der Waals surface area contributed by atoms with Gasteiger partial charge in [-0.25, -0.2) is 17.8 Å². The number of hydrogen-bond donors (Lipinski definition) is 1. The Morgan fingerprint density at radius 1 is 1.14 bits per heavy atom. The highest BCUT2D eigenvalue weighted by Gasteiger charge is 2.28. The van der Waals surface area contributed by atoms with Crippen molar-refractivity contribution in [1.82, 2.24) is 24.9 Å². The van der Waals surface area contributed by atoms with E-state index in [-0.39, 0.29) is 10.9 Å². The lowest BCUT2D eigenvalue weighted by atomic mass is 10.1. The van der Waals surface area contributed by atoms with Gasteiger partial charge in [-0.3, -0.25) is 0 Å². The Hall–Kier alpha value is -1.94. The molecule has 7 nitrogen and oxygen atoms in total. The summed E-state index contributed by atoms with van der Waals surface area (Å²) in [6.45, 7) is 0. The molecule has 152 valence electrons. The van der Waals surface area contributed by atoms with Crippen molar-refractivity contribution < 1.29 is 8.42 Å². The summed E-state index contributed by atoms with van der Waals surface area (Å²) in [6, 6.07) is 15.8. The van der Waals surface area contributed by atoms with Crippen molar-refractivity contribution in [3.63, 3.8) is 0 Å². The molecule has 1 aliphatic carbocycles. The molecule has 1 saturated carbocycles. The molecular formula is C19H20ClN5O2S2. The van der Waals surface area contributed by atoms with E-state index >= 15 is 0 Å². The van der Waals surface area contributed by atoms with Crippen LogP contribution in [-0.2, 0) is 10.0 Å². The maximum absolute atomic E-state index is 12.9. The van der Waals surface area contributed by atoms with Crippen LogP contribution in [0.3, 0.4) is 0 Å². The van der Waals surface area contributed by atoms with Gasteiger partial charge in [0, 0.05) is 16.8 Å². The van der Waals surface area contributed by atoms with Crippen LogP contribution >= 0.6 is 23.4 Å². The van der Waals surface area contributed by atoms with E-state index in [0.717, 1.165) is 23.6 Å². The van der Waals surface area contributed by atoms with E-state index in [1.165, 1.54) is 12.1 Å². The highest BCUT2D eigenvalue weighted by atomic mass is 35.5. The number of halogens is 1. The van der Waals surface area contributed by atoms with Crippen LogP contribution in [0.25, 0.3) is 0 Å². The van der Waals surface area contributed by atoms with Gasteiger partial charge in [-0.05, 0) is 59.5 Å².